The van der Waals surface area contributed by atoms with E-state index in [0.29, 0.717) is 29.4 Å². The van der Waals surface area contributed by atoms with Gasteiger partial charge in [0, 0.05) is 12.6 Å². The third-order valence-corrected chi connectivity index (χ3v) is 2.60. The van der Waals surface area contributed by atoms with Gasteiger partial charge in [-0.15, -0.1) is 0 Å². The zero-order valence-electron chi connectivity index (χ0n) is 10.4. The molecule has 0 aliphatic rings. The first-order valence-electron chi connectivity index (χ1n) is 5.59. The van der Waals surface area contributed by atoms with Crippen LogP contribution in [0.15, 0.2) is 18.2 Å². The molecule has 0 heterocycles. The fourth-order valence-corrected chi connectivity index (χ4v) is 1.45. The number of aliphatic hydroxyl groups is 1. The Morgan fingerprint density at radius 2 is 2.28 bits per heavy atom. The van der Waals surface area contributed by atoms with Gasteiger partial charge in [-0.3, -0.25) is 0 Å². The number of rotatable bonds is 5. The van der Waals surface area contributed by atoms with Gasteiger partial charge in [-0.1, -0.05) is 11.6 Å². The predicted molar refractivity (Wildman–Crippen MR) is 71.3 cm³/mol. The summed E-state index contributed by atoms with van der Waals surface area (Å²) in [6.45, 7) is 2.06. The number of hydrogen-bond acceptors (Lipinski definition) is 3. The van der Waals surface area contributed by atoms with E-state index in [4.69, 9.17) is 21.4 Å². The number of benzene rings is 1. The number of urea groups is 1. The molecule has 0 aliphatic heterocycles. The van der Waals surface area contributed by atoms with Crippen molar-refractivity contribution in [1.29, 1.82) is 0 Å². The lowest BCUT2D eigenvalue weighted by Crippen LogP contribution is -2.31. The molecule has 1 rings (SSSR count). The highest BCUT2D eigenvalue weighted by molar-refractivity contribution is 6.33. The summed E-state index contributed by atoms with van der Waals surface area (Å²) in [5.74, 6) is 0.610. The molecule has 0 radical (unpaired) electrons. The van der Waals surface area contributed by atoms with Crippen LogP contribution in [0, 0.1) is 0 Å². The summed E-state index contributed by atoms with van der Waals surface area (Å²) in [5, 5.41) is 14.7. The van der Waals surface area contributed by atoms with E-state index in [1.54, 1.807) is 25.1 Å². The van der Waals surface area contributed by atoms with Crippen LogP contribution in [0.2, 0.25) is 5.02 Å². The van der Waals surface area contributed by atoms with Gasteiger partial charge in [0.05, 0.1) is 23.9 Å². The quantitative estimate of drug-likeness (QED) is 0.770. The summed E-state index contributed by atoms with van der Waals surface area (Å²) in [5.41, 5.74) is 0.477. The van der Waals surface area contributed by atoms with Crippen LogP contribution in [0.5, 0.6) is 5.75 Å². The Kier molecular flexibility index (Phi) is 5.74. The van der Waals surface area contributed by atoms with Gasteiger partial charge in [0.2, 0.25) is 0 Å². The average Bonchev–Trinajstić information content (AvgIpc) is 2.31. The highest BCUT2D eigenvalue weighted by atomic mass is 35.5. The number of carbonyl (C=O) groups is 1. The molecule has 3 N–H and O–H groups in total. The topological polar surface area (TPSA) is 70.6 Å². The number of amides is 2. The lowest BCUT2D eigenvalue weighted by Gasteiger charge is -2.10. The Hall–Kier alpha value is -1.46. The minimum Gasteiger partial charge on any atom is -0.497 e. The molecular weight excluding hydrogens is 256 g/mol. The maximum absolute atomic E-state index is 11.5. The van der Waals surface area contributed by atoms with Crippen molar-refractivity contribution in [2.45, 2.75) is 19.4 Å². The molecule has 1 aromatic rings. The van der Waals surface area contributed by atoms with Gasteiger partial charge >= 0.3 is 6.03 Å². The van der Waals surface area contributed by atoms with Gasteiger partial charge in [-0.05, 0) is 25.5 Å². The molecule has 0 saturated carbocycles. The van der Waals surface area contributed by atoms with Gasteiger partial charge in [-0.2, -0.15) is 0 Å². The molecule has 1 aromatic carbocycles. The van der Waals surface area contributed by atoms with Gasteiger partial charge in [0.15, 0.2) is 0 Å². The number of anilines is 1. The molecule has 0 fully saturated rings. The van der Waals surface area contributed by atoms with Gasteiger partial charge in [0.1, 0.15) is 5.75 Å². The van der Waals surface area contributed by atoms with Crippen molar-refractivity contribution in [2.24, 2.45) is 0 Å². The van der Waals surface area contributed by atoms with Gasteiger partial charge in [0.25, 0.3) is 0 Å². The molecule has 1 unspecified atom stereocenters. The van der Waals surface area contributed by atoms with E-state index >= 15 is 0 Å². The Balaban J connectivity index is 2.53. The second kappa shape index (κ2) is 7.08. The van der Waals surface area contributed by atoms with Crippen LogP contribution in [0.1, 0.15) is 13.3 Å². The van der Waals surface area contributed by atoms with E-state index in [-0.39, 0.29) is 6.03 Å². The predicted octanol–water partition coefficient (Wildman–Crippen LogP) is 2.24. The maximum atomic E-state index is 11.5. The van der Waals surface area contributed by atoms with E-state index in [2.05, 4.69) is 10.6 Å². The highest BCUT2D eigenvalue weighted by Gasteiger charge is 2.07. The lowest BCUT2D eigenvalue weighted by atomic mass is 10.3. The smallest absolute Gasteiger partial charge is 0.319 e. The third kappa shape index (κ3) is 4.81. The minimum atomic E-state index is -0.439. The number of halogens is 1. The second-order valence-corrected chi connectivity index (χ2v) is 4.27. The van der Waals surface area contributed by atoms with Gasteiger partial charge < -0.3 is 20.5 Å². The summed E-state index contributed by atoms with van der Waals surface area (Å²) in [7, 11) is 1.54. The number of ether oxygens (including phenoxy) is 1. The Labute approximate surface area is 111 Å². The van der Waals surface area contributed by atoms with Crippen molar-refractivity contribution in [2.75, 3.05) is 19.0 Å². The second-order valence-electron chi connectivity index (χ2n) is 3.86. The number of nitrogens with one attached hydrogen (secondary N) is 2. The largest absolute Gasteiger partial charge is 0.497 e. The molecule has 0 aromatic heterocycles. The SMILES string of the molecule is COc1ccc(Cl)c(NC(=O)NCCC(C)O)c1. The first-order chi connectivity index (χ1) is 8.52. The van der Waals surface area contributed by atoms with Crippen LogP contribution in [-0.4, -0.2) is 30.9 Å². The molecule has 6 heteroatoms. The summed E-state index contributed by atoms with van der Waals surface area (Å²) < 4.78 is 5.04. The molecule has 100 valence electrons. The van der Waals surface area contributed by atoms with E-state index in [1.807, 2.05) is 0 Å². The fraction of sp³-hybridized carbons (Fsp3) is 0.417. The summed E-state index contributed by atoms with van der Waals surface area (Å²) in [6.07, 6.45) is 0.0601. The monoisotopic (exact) mass is 272 g/mol. The van der Waals surface area contributed by atoms with Crippen molar-refractivity contribution in [3.8, 4) is 5.75 Å². The van der Waals surface area contributed by atoms with Crippen molar-refractivity contribution in [3.05, 3.63) is 23.2 Å². The first kappa shape index (κ1) is 14.6. The molecule has 2 amide bonds. The Morgan fingerprint density at radius 3 is 2.89 bits per heavy atom. The molecule has 5 nitrogen and oxygen atoms in total. The molecule has 18 heavy (non-hydrogen) atoms. The van der Waals surface area contributed by atoms with Crippen LogP contribution >= 0.6 is 11.6 Å². The Morgan fingerprint density at radius 1 is 1.56 bits per heavy atom. The van der Waals surface area contributed by atoms with Gasteiger partial charge in [-0.25, -0.2) is 4.79 Å². The van der Waals surface area contributed by atoms with Crippen LogP contribution in [0.3, 0.4) is 0 Å². The highest BCUT2D eigenvalue weighted by Crippen LogP contribution is 2.26. The number of aliphatic hydroxyl groups excluding tert-OH is 1. The van der Waals surface area contributed by atoms with Crippen molar-refractivity contribution in [3.63, 3.8) is 0 Å². The molecule has 0 bridgehead atoms. The van der Waals surface area contributed by atoms with E-state index in [9.17, 15) is 4.79 Å². The van der Waals surface area contributed by atoms with Crippen LogP contribution in [0.25, 0.3) is 0 Å². The van der Waals surface area contributed by atoms with Crippen molar-refractivity contribution in [1.82, 2.24) is 5.32 Å². The maximum Gasteiger partial charge on any atom is 0.319 e. The summed E-state index contributed by atoms with van der Waals surface area (Å²) >= 11 is 5.94. The summed E-state index contributed by atoms with van der Waals surface area (Å²) in [4.78, 5) is 11.5. The van der Waals surface area contributed by atoms with Crippen LogP contribution < -0.4 is 15.4 Å². The number of methoxy groups -OCH3 is 1. The molecule has 0 spiro atoms. The van der Waals surface area contributed by atoms with E-state index < -0.39 is 6.10 Å². The normalized spacial score (nSPS) is 11.8. The summed E-state index contributed by atoms with van der Waals surface area (Å²) in [6, 6.07) is 4.62. The van der Waals surface area contributed by atoms with Crippen molar-refractivity contribution >= 4 is 23.3 Å². The zero-order chi connectivity index (χ0) is 13.5. The van der Waals surface area contributed by atoms with Crippen LogP contribution in [-0.2, 0) is 0 Å². The zero-order valence-corrected chi connectivity index (χ0v) is 11.1. The average molecular weight is 273 g/mol. The molecule has 0 aliphatic carbocycles. The molecule has 1 atom stereocenters. The number of hydrogen-bond donors (Lipinski definition) is 3. The lowest BCUT2D eigenvalue weighted by molar-refractivity contribution is 0.184. The van der Waals surface area contributed by atoms with Crippen LogP contribution in [0.4, 0.5) is 10.5 Å². The minimum absolute atomic E-state index is 0.370. The van der Waals surface area contributed by atoms with Crippen molar-refractivity contribution < 1.29 is 14.6 Å². The Bertz CT molecular complexity index is 410. The molecular formula is C12H17ClN2O3. The first-order valence-corrected chi connectivity index (χ1v) is 5.97. The van der Waals surface area contributed by atoms with E-state index in [1.165, 1.54) is 7.11 Å². The fourth-order valence-electron chi connectivity index (χ4n) is 1.29. The number of carbonyl (C=O) groups excluding carboxylic acids is 1. The van der Waals surface area contributed by atoms with E-state index in [0.717, 1.165) is 0 Å². The molecule has 0 saturated heterocycles. The third-order valence-electron chi connectivity index (χ3n) is 2.27. The standard InChI is InChI=1S/C12H17ClN2O3/c1-8(16)5-6-14-12(17)15-11-7-9(18-2)3-4-10(11)13/h3-4,7-8,16H,5-6H2,1-2H3,(H2,14,15,17).